The fourth-order valence-electron chi connectivity index (χ4n) is 8.04. The standard InChI is InChI=1S/C40H44N10O5/c1-46-34-19-26(12-13-32(34)50(40(46)55)33-14-15-38(53)43-39(33)54)21-41-17-5-4-7-28-23-48(45-44-28)22-27-8-6-11-37(42-27)49-25-29-20-30(49)24-47(29)18-16-36(52)31-9-2-3-10-35(31)51/h2-3,6,8-13,16,18-19,23,29-30,33,41,51H,4-5,7,14-15,17,20-22,24-25H2,1H3,(H,43,53,54)/b18-16+/t29-,30-,33?/m1/s1. The van der Waals surface area contributed by atoms with Gasteiger partial charge >= 0.3 is 5.69 Å². The van der Waals surface area contributed by atoms with Crippen LogP contribution in [0.2, 0.25) is 0 Å². The molecule has 3 aliphatic heterocycles. The van der Waals surface area contributed by atoms with Crippen molar-refractivity contribution in [2.24, 2.45) is 7.05 Å². The van der Waals surface area contributed by atoms with Crippen molar-refractivity contribution in [2.75, 3.05) is 24.5 Å². The number of nitrogens with one attached hydrogen (secondary N) is 2. The second-order valence-electron chi connectivity index (χ2n) is 14.6. The van der Waals surface area contributed by atoms with Crippen LogP contribution in [-0.2, 0) is 36.1 Å². The topological polar surface area (TPSA) is 173 Å². The third-order valence-corrected chi connectivity index (χ3v) is 10.9. The number of carbonyl (C=O) groups is 3. The summed E-state index contributed by atoms with van der Waals surface area (Å²) < 4.78 is 4.89. The Balaban J connectivity index is 0.779. The van der Waals surface area contributed by atoms with Crippen LogP contribution in [0.3, 0.4) is 0 Å². The molecule has 6 heterocycles. The van der Waals surface area contributed by atoms with Crippen LogP contribution in [0.15, 0.2) is 83.9 Å². The number of para-hydroxylation sites is 1. The van der Waals surface area contributed by atoms with Crippen molar-refractivity contribution in [3.63, 3.8) is 0 Å². The molecule has 1 unspecified atom stereocenters. The molecule has 15 nitrogen and oxygen atoms in total. The smallest absolute Gasteiger partial charge is 0.329 e. The summed E-state index contributed by atoms with van der Waals surface area (Å²) in [7, 11) is 1.70. The number of imide groups is 1. The molecule has 5 aromatic rings. The zero-order valence-electron chi connectivity index (χ0n) is 30.7. The van der Waals surface area contributed by atoms with Crippen molar-refractivity contribution in [1.82, 2.24) is 44.6 Å². The Kier molecular flexibility index (Phi) is 10.0. The minimum absolute atomic E-state index is 0.00728. The van der Waals surface area contributed by atoms with Gasteiger partial charge in [0.1, 0.15) is 17.6 Å². The lowest BCUT2D eigenvalue weighted by atomic mass is 10.1. The Hall–Kier alpha value is -6.09. The van der Waals surface area contributed by atoms with Gasteiger partial charge in [0.25, 0.3) is 0 Å². The minimum atomic E-state index is -0.695. The molecular weight excluding hydrogens is 701 g/mol. The van der Waals surface area contributed by atoms with Gasteiger partial charge in [0.2, 0.25) is 11.8 Å². The van der Waals surface area contributed by atoms with E-state index in [1.165, 1.54) is 10.6 Å². The second kappa shape index (κ2) is 15.3. The maximum atomic E-state index is 13.0. The van der Waals surface area contributed by atoms with Crippen LogP contribution in [-0.4, -0.2) is 88.4 Å². The number of aromatic hydroxyl groups is 1. The number of amides is 2. The average molecular weight is 745 g/mol. The molecule has 0 spiro atoms. The van der Waals surface area contributed by atoms with Crippen LogP contribution in [0.1, 0.15) is 65.5 Å². The number of aryl methyl sites for hydroxylation is 2. The molecule has 3 fully saturated rings. The van der Waals surface area contributed by atoms with E-state index in [1.807, 2.05) is 53.5 Å². The summed E-state index contributed by atoms with van der Waals surface area (Å²) in [5.74, 6) is -0.0121. The van der Waals surface area contributed by atoms with E-state index in [9.17, 15) is 24.3 Å². The summed E-state index contributed by atoms with van der Waals surface area (Å²) in [6.07, 6.45) is 9.65. The number of fused-ring (bicyclic) bond motifs is 3. The molecule has 2 aromatic carbocycles. The molecule has 2 amide bonds. The van der Waals surface area contributed by atoms with Gasteiger partial charge in [-0.1, -0.05) is 29.5 Å². The predicted molar refractivity (Wildman–Crippen MR) is 204 cm³/mol. The molecule has 3 saturated heterocycles. The number of likely N-dealkylation sites (tertiary alicyclic amines) is 1. The fraction of sp³-hybridized carbons (Fsp3) is 0.375. The van der Waals surface area contributed by atoms with Crippen molar-refractivity contribution in [3.8, 4) is 5.75 Å². The first kappa shape index (κ1) is 35.9. The number of allylic oxidation sites excluding steroid dienone is 1. The Labute approximate surface area is 317 Å². The summed E-state index contributed by atoms with van der Waals surface area (Å²) in [6.45, 7) is 3.63. The lowest BCUT2D eigenvalue weighted by Crippen LogP contribution is -2.44. The molecule has 0 aliphatic carbocycles. The molecule has 55 heavy (non-hydrogen) atoms. The molecule has 3 atom stereocenters. The molecule has 3 aromatic heterocycles. The van der Waals surface area contributed by atoms with Crippen molar-refractivity contribution < 1.29 is 19.5 Å². The number of hydrogen-bond donors (Lipinski definition) is 3. The maximum Gasteiger partial charge on any atom is 0.329 e. The summed E-state index contributed by atoms with van der Waals surface area (Å²) in [4.78, 5) is 59.3. The zero-order chi connectivity index (χ0) is 38.1. The SMILES string of the molecule is Cn1c(=O)n(C2CCC(=O)NC2=O)c2ccc(CNCCCCc3cn(Cc4cccc(N5C[C@H]6C[C@@H]5CN6/C=C/C(=O)c5ccccc5O)n4)nn3)cc21. The first-order valence-corrected chi connectivity index (χ1v) is 18.8. The Morgan fingerprint density at radius 2 is 1.87 bits per heavy atom. The first-order chi connectivity index (χ1) is 26.7. The number of piperidine rings is 1. The van der Waals surface area contributed by atoms with Crippen LogP contribution in [0.5, 0.6) is 5.75 Å². The van der Waals surface area contributed by atoms with Gasteiger partial charge < -0.3 is 20.2 Å². The van der Waals surface area contributed by atoms with Crippen molar-refractivity contribution in [2.45, 2.75) is 69.7 Å². The summed E-state index contributed by atoms with van der Waals surface area (Å²) in [5, 5.41) is 24.6. The summed E-state index contributed by atoms with van der Waals surface area (Å²) >= 11 is 0. The van der Waals surface area contributed by atoms with E-state index in [0.29, 0.717) is 42.7 Å². The number of nitrogens with zero attached hydrogens (tertiary/aromatic N) is 8. The van der Waals surface area contributed by atoms with Crippen molar-refractivity contribution in [1.29, 1.82) is 0 Å². The number of aromatic nitrogens is 6. The summed E-state index contributed by atoms with van der Waals surface area (Å²) in [6, 6.07) is 18.4. The van der Waals surface area contributed by atoms with Gasteiger partial charge in [-0.3, -0.25) is 28.8 Å². The van der Waals surface area contributed by atoms with E-state index in [0.717, 1.165) is 73.6 Å². The van der Waals surface area contributed by atoms with Gasteiger partial charge in [-0.2, -0.15) is 0 Å². The average Bonchev–Trinajstić information content (AvgIpc) is 3.97. The second-order valence-corrected chi connectivity index (χ2v) is 14.6. The fourth-order valence-corrected chi connectivity index (χ4v) is 8.04. The molecular formula is C40H44N10O5. The predicted octanol–water partition coefficient (Wildman–Crippen LogP) is 2.83. The Morgan fingerprint density at radius 3 is 2.69 bits per heavy atom. The monoisotopic (exact) mass is 744 g/mol. The highest BCUT2D eigenvalue weighted by molar-refractivity contribution is 6.06. The van der Waals surface area contributed by atoms with Crippen LogP contribution >= 0.6 is 0 Å². The third-order valence-electron chi connectivity index (χ3n) is 10.9. The van der Waals surface area contributed by atoms with E-state index < -0.39 is 11.9 Å². The lowest BCUT2D eigenvalue weighted by molar-refractivity contribution is -0.135. The van der Waals surface area contributed by atoms with Crippen molar-refractivity contribution >= 4 is 34.4 Å². The number of carbonyl (C=O) groups excluding carboxylic acids is 3. The van der Waals surface area contributed by atoms with E-state index in [-0.39, 0.29) is 29.6 Å². The van der Waals surface area contributed by atoms with Gasteiger partial charge in [-0.25, -0.2) is 14.5 Å². The molecule has 0 saturated carbocycles. The Morgan fingerprint density at radius 1 is 1.00 bits per heavy atom. The normalized spacial score (nSPS) is 19.6. The number of pyridine rings is 1. The highest BCUT2D eigenvalue weighted by Crippen LogP contribution is 2.34. The van der Waals surface area contributed by atoms with Gasteiger partial charge in [-0.05, 0) is 80.6 Å². The number of hydrogen-bond acceptors (Lipinski definition) is 11. The molecule has 8 rings (SSSR count). The molecule has 15 heteroatoms. The van der Waals surface area contributed by atoms with Gasteiger partial charge in [-0.15, -0.1) is 5.10 Å². The number of benzene rings is 2. The van der Waals surface area contributed by atoms with E-state index in [4.69, 9.17) is 4.98 Å². The van der Waals surface area contributed by atoms with E-state index in [1.54, 1.807) is 35.9 Å². The van der Waals surface area contributed by atoms with Gasteiger partial charge in [0.05, 0.1) is 34.5 Å². The van der Waals surface area contributed by atoms with Crippen molar-refractivity contribution in [3.05, 3.63) is 112 Å². The van der Waals surface area contributed by atoms with E-state index >= 15 is 0 Å². The third kappa shape index (κ3) is 7.52. The number of anilines is 1. The van der Waals surface area contributed by atoms with Gasteiger partial charge in [0.15, 0.2) is 5.78 Å². The highest BCUT2D eigenvalue weighted by atomic mass is 16.3. The molecule has 2 bridgehead atoms. The number of phenols is 1. The zero-order valence-corrected chi connectivity index (χ0v) is 30.7. The van der Waals surface area contributed by atoms with Crippen LogP contribution in [0, 0.1) is 0 Å². The number of rotatable bonds is 14. The van der Waals surface area contributed by atoms with Gasteiger partial charge in [0, 0.05) is 63.7 Å². The number of imidazole rings is 1. The molecule has 0 radical (unpaired) electrons. The minimum Gasteiger partial charge on any atom is -0.507 e. The quantitative estimate of drug-likeness (QED) is 0.0661. The van der Waals surface area contributed by atoms with E-state index in [2.05, 4.69) is 30.7 Å². The van der Waals surface area contributed by atoms with Crippen LogP contribution in [0.25, 0.3) is 11.0 Å². The lowest BCUT2D eigenvalue weighted by Gasteiger charge is -2.34. The maximum absolute atomic E-state index is 13.0. The number of unbranched alkanes of at least 4 members (excludes halogenated alkanes) is 1. The number of phenolic OH excluding ortho intramolecular Hbond substituents is 1. The number of ketones is 1. The van der Waals surface area contributed by atoms with Crippen LogP contribution < -0.4 is 21.2 Å². The highest BCUT2D eigenvalue weighted by Gasteiger charge is 2.42. The molecule has 284 valence electrons. The molecule has 3 N–H and O–H groups in total. The van der Waals surface area contributed by atoms with Crippen LogP contribution in [0.4, 0.5) is 5.82 Å². The number of piperazine rings is 1. The Bertz CT molecular complexity index is 2340. The molecule has 3 aliphatic rings. The summed E-state index contributed by atoms with van der Waals surface area (Å²) in [5.41, 5.74) is 4.36. The first-order valence-electron chi connectivity index (χ1n) is 18.8. The largest absolute Gasteiger partial charge is 0.507 e.